The Morgan fingerprint density at radius 1 is 1.11 bits per heavy atom. The third-order valence-electron chi connectivity index (χ3n) is 2.85. The first kappa shape index (κ1) is 13.4. The maximum absolute atomic E-state index is 12.5. The van der Waals surface area contributed by atoms with Crippen LogP contribution < -0.4 is 0 Å². The van der Waals surface area contributed by atoms with Crippen LogP contribution in [0.1, 0.15) is 26.7 Å². The predicted octanol–water partition coefficient (Wildman–Crippen LogP) is 4.13. The van der Waals surface area contributed by atoms with Crippen LogP contribution in [0.2, 0.25) is 0 Å². The monoisotopic (exact) mass is 267 g/mol. The highest BCUT2D eigenvalue weighted by Crippen LogP contribution is 2.31. The number of carbonyl (C=O) groups is 1. The highest BCUT2D eigenvalue weighted by atomic mass is 32.2. The second-order valence-corrected chi connectivity index (χ2v) is 5.12. The van der Waals surface area contributed by atoms with Crippen LogP contribution in [0.25, 0.3) is 0 Å². The summed E-state index contributed by atoms with van der Waals surface area (Å²) in [6, 6.07) is 16.8. The Hall–Kier alpha value is -2.05. The molecule has 0 aliphatic carbocycles. The Balaban J connectivity index is 2.32. The van der Waals surface area contributed by atoms with Crippen LogP contribution in [0.5, 0.6) is 0 Å². The van der Waals surface area contributed by atoms with Gasteiger partial charge in [0.2, 0.25) is 0 Å². The Morgan fingerprint density at radius 2 is 1.74 bits per heavy atom. The van der Waals surface area contributed by atoms with Gasteiger partial charge >= 0.3 is 0 Å². The topological polar surface area (TPSA) is 40.9 Å². The molecule has 2 aromatic carbocycles. The molecule has 2 rings (SSSR count). The summed E-state index contributed by atoms with van der Waals surface area (Å²) in [4.78, 5) is 12.5. The molecular weight excluding hydrogens is 254 g/mol. The maximum atomic E-state index is 12.5. The quantitative estimate of drug-likeness (QED) is 0.617. The summed E-state index contributed by atoms with van der Waals surface area (Å²) in [5.41, 5.74) is 2.61. The number of nitrogens with zero attached hydrogens (tertiary/aromatic N) is 1. The van der Waals surface area contributed by atoms with Crippen LogP contribution in [-0.4, -0.2) is 5.78 Å². The van der Waals surface area contributed by atoms with Gasteiger partial charge in [-0.15, -0.1) is 0 Å². The highest BCUT2D eigenvalue weighted by molar-refractivity contribution is 8.04. The fourth-order valence-corrected chi connectivity index (χ4v) is 2.46. The summed E-state index contributed by atoms with van der Waals surface area (Å²) in [5.74, 6) is -0.0299. The molecular formula is C16H13NOS. The average molecular weight is 267 g/mol. The molecule has 0 aliphatic rings. The number of carbonyl (C=O) groups excluding carboxylic acids is 1. The zero-order chi connectivity index (χ0) is 13.7. The van der Waals surface area contributed by atoms with Crippen LogP contribution in [0.4, 0.5) is 0 Å². The third kappa shape index (κ3) is 3.24. The molecule has 19 heavy (non-hydrogen) atoms. The molecule has 1 atom stereocenters. The number of thioether (sulfide) groups is 1. The fraction of sp³-hybridized carbons (Fsp3) is 0.125. The van der Waals surface area contributed by atoms with E-state index in [1.54, 1.807) is 0 Å². The fourth-order valence-electron chi connectivity index (χ4n) is 1.82. The second-order valence-electron chi connectivity index (χ2n) is 4.23. The lowest BCUT2D eigenvalue weighted by Crippen LogP contribution is -2.09. The molecule has 0 bridgehead atoms. The first-order valence-corrected chi connectivity index (χ1v) is 6.81. The van der Waals surface area contributed by atoms with Crippen molar-refractivity contribution in [2.75, 3.05) is 0 Å². The largest absolute Gasteiger partial charge is 0.292 e. The molecule has 3 heteroatoms. The first-order valence-electron chi connectivity index (χ1n) is 5.93. The minimum atomic E-state index is -0.464. The minimum absolute atomic E-state index is 0.0299. The van der Waals surface area contributed by atoms with Gasteiger partial charge in [-0.2, -0.15) is 5.26 Å². The predicted molar refractivity (Wildman–Crippen MR) is 77.9 cm³/mol. The number of rotatable bonds is 4. The number of hydrogen-bond donors (Lipinski definition) is 0. The van der Waals surface area contributed by atoms with E-state index in [4.69, 9.17) is 5.26 Å². The number of ketones is 1. The van der Waals surface area contributed by atoms with Gasteiger partial charge in [-0.1, -0.05) is 60.2 Å². The van der Waals surface area contributed by atoms with Crippen molar-refractivity contribution in [2.45, 2.75) is 12.2 Å². The van der Waals surface area contributed by atoms with Gasteiger partial charge in [0.05, 0.1) is 0 Å². The van der Waals surface area contributed by atoms with Crippen molar-refractivity contribution in [2.24, 2.45) is 0 Å². The van der Waals surface area contributed by atoms with Crippen LogP contribution in [-0.2, 0) is 0 Å². The van der Waals surface area contributed by atoms with E-state index in [9.17, 15) is 4.79 Å². The van der Waals surface area contributed by atoms with Crippen molar-refractivity contribution < 1.29 is 4.79 Å². The number of Topliss-reactive ketones (excluding diaryl/α,β-unsaturated/α-hetero) is 1. The number of thiocyanates is 1. The zero-order valence-electron chi connectivity index (χ0n) is 10.5. The van der Waals surface area contributed by atoms with E-state index in [1.165, 1.54) is 0 Å². The van der Waals surface area contributed by atoms with Crippen molar-refractivity contribution in [1.29, 1.82) is 5.26 Å². The van der Waals surface area contributed by atoms with Crippen molar-refractivity contribution in [3.8, 4) is 5.40 Å². The van der Waals surface area contributed by atoms with Crippen LogP contribution in [0.3, 0.4) is 0 Å². The lowest BCUT2D eigenvalue weighted by Gasteiger charge is -2.12. The second kappa shape index (κ2) is 6.21. The summed E-state index contributed by atoms with van der Waals surface area (Å²) >= 11 is 0.993. The van der Waals surface area contributed by atoms with E-state index in [0.717, 1.165) is 22.9 Å². The van der Waals surface area contributed by atoms with Crippen molar-refractivity contribution in [3.63, 3.8) is 0 Å². The smallest absolute Gasteiger partial charge is 0.181 e. The van der Waals surface area contributed by atoms with Crippen LogP contribution in [0.15, 0.2) is 54.6 Å². The van der Waals surface area contributed by atoms with E-state index in [1.807, 2.05) is 66.9 Å². The average Bonchev–Trinajstić information content (AvgIpc) is 2.46. The molecule has 94 valence electrons. The summed E-state index contributed by atoms with van der Waals surface area (Å²) in [6.45, 7) is 1.98. The van der Waals surface area contributed by atoms with E-state index < -0.39 is 5.25 Å². The molecule has 0 N–H and O–H groups in total. The molecule has 0 radical (unpaired) electrons. The number of benzene rings is 2. The SMILES string of the molecule is Cc1ccc(C(=O)C(SC#N)c2ccccc2)cc1. The number of hydrogen-bond acceptors (Lipinski definition) is 3. The lowest BCUT2D eigenvalue weighted by atomic mass is 10.0. The van der Waals surface area contributed by atoms with Gasteiger partial charge < -0.3 is 0 Å². The molecule has 0 amide bonds. The van der Waals surface area contributed by atoms with Gasteiger partial charge in [-0.05, 0) is 24.2 Å². The van der Waals surface area contributed by atoms with Gasteiger partial charge in [0.1, 0.15) is 10.7 Å². The molecule has 0 saturated carbocycles. The summed E-state index contributed by atoms with van der Waals surface area (Å²) in [5, 5.41) is 10.5. The van der Waals surface area contributed by atoms with E-state index in [-0.39, 0.29) is 5.78 Å². The molecule has 0 saturated heterocycles. The van der Waals surface area contributed by atoms with Gasteiger partial charge in [0.25, 0.3) is 0 Å². The van der Waals surface area contributed by atoms with Gasteiger partial charge in [-0.3, -0.25) is 4.79 Å². The van der Waals surface area contributed by atoms with Gasteiger partial charge in [0, 0.05) is 5.56 Å². The molecule has 0 fully saturated rings. The van der Waals surface area contributed by atoms with Crippen molar-refractivity contribution in [1.82, 2.24) is 0 Å². The first-order chi connectivity index (χ1) is 9.22. The Kier molecular flexibility index (Phi) is 4.38. The third-order valence-corrected chi connectivity index (χ3v) is 3.67. The molecule has 0 aromatic heterocycles. The molecule has 2 nitrogen and oxygen atoms in total. The van der Waals surface area contributed by atoms with Gasteiger partial charge in [-0.25, -0.2) is 0 Å². The molecule has 0 spiro atoms. The summed E-state index contributed by atoms with van der Waals surface area (Å²) in [6.07, 6.45) is 0. The van der Waals surface area contributed by atoms with Crippen molar-refractivity contribution in [3.05, 3.63) is 71.3 Å². The van der Waals surface area contributed by atoms with E-state index in [0.29, 0.717) is 5.56 Å². The zero-order valence-corrected chi connectivity index (χ0v) is 11.4. The maximum Gasteiger partial charge on any atom is 0.181 e. The van der Waals surface area contributed by atoms with Crippen molar-refractivity contribution >= 4 is 17.5 Å². The summed E-state index contributed by atoms with van der Waals surface area (Å²) in [7, 11) is 0. The Morgan fingerprint density at radius 3 is 2.32 bits per heavy atom. The Labute approximate surface area is 117 Å². The molecule has 0 aliphatic heterocycles. The highest BCUT2D eigenvalue weighted by Gasteiger charge is 2.22. The molecule has 0 heterocycles. The normalized spacial score (nSPS) is 11.6. The van der Waals surface area contributed by atoms with Crippen LogP contribution in [0, 0.1) is 17.6 Å². The summed E-state index contributed by atoms with van der Waals surface area (Å²) < 4.78 is 0. The van der Waals surface area contributed by atoms with Crippen LogP contribution >= 0.6 is 11.8 Å². The Bertz CT molecular complexity index is 599. The minimum Gasteiger partial charge on any atom is -0.292 e. The van der Waals surface area contributed by atoms with E-state index in [2.05, 4.69) is 0 Å². The standard InChI is InChI=1S/C16H13NOS/c1-12-7-9-13(10-8-12)15(18)16(19-11-17)14-5-3-2-4-6-14/h2-10,16H,1H3. The molecule has 1 unspecified atom stereocenters. The number of aryl methyl sites for hydroxylation is 1. The van der Waals surface area contributed by atoms with E-state index >= 15 is 0 Å². The number of nitriles is 1. The lowest BCUT2D eigenvalue weighted by molar-refractivity contribution is 0.0990. The van der Waals surface area contributed by atoms with Gasteiger partial charge in [0.15, 0.2) is 5.78 Å². The molecule has 2 aromatic rings.